The average Bonchev–Trinajstić information content (AvgIpc) is 2.66. The first-order chi connectivity index (χ1) is 8.63. The quantitative estimate of drug-likeness (QED) is 0.896. The van der Waals surface area contributed by atoms with Gasteiger partial charge < -0.3 is 5.73 Å². The maximum absolute atomic E-state index is 6.22. The summed E-state index contributed by atoms with van der Waals surface area (Å²) in [4.78, 5) is 0. The van der Waals surface area contributed by atoms with E-state index in [-0.39, 0.29) is 0 Å². The predicted octanol–water partition coefficient (Wildman–Crippen LogP) is 3.22. The maximum Gasteiger partial charge on any atom is 0.130 e. The molecular formula is C15H21N3. The van der Waals surface area contributed by atoms with Crippen molar-refractivity contribution < 1.29 is 0 Å². The number of para-hydroxylation sites is 1. The molecule has 18 heavy (non-hydrogen) atoms. The van der Waals surface area contributed by atoms with Crippen LogP contribution in [0, 0.1) is 5.92 Å². The minimum Gasteiger partial charge on any atom is -0.383 e. The van der Waals surface area contributed by atoms with Crippen molar-refractivity contribution in [3.05, 3.63) is 41.6 Å². The summed E-state index contributed by atoms with van der Waals surface area (Å²) in [6.45, 7) is 6.54. The van der Waals surface area contributed by atoms with E-state index in [1.807, 2.05) is 35.0 Å². The van der Waals surface area contributed by atoms with Gasteiger partial charge in [-0.2, -0.15) is 5.10 Å². The van der Waals surface area contributed by atoms with Gasteiger partial charge in [0.15, 0.2) is 0 Å². The highest BCUT2D eigenvalue weighted by Crippen LogP contribution is 2.23. The predicted molar refractivity (Wildman–Crippen MR) is 75.9 cm³/mol. The molecule has 0 spiro atoms. The molecule has 0 saturated heterocycles. The Morgan fingerprint density at radius 3 is 2.44 bits per heavy atom. The summed E-state index contributed by atoms with van der Waals surface area (Å²) in [5, 5.41) is 4.68. The molecule has 1 heterocycles. The molecule has 3 heteroatoms. The molecule has 0 atom stereocenters. The van der Waals surface area contributed by atoms with Crippen LogP contribution in [0.3, 0.4) is 0 Å². The molecule has 0 saturated carbocycles. The Morgan fingerprint density at radius 1 is 1.22 bits per heavy atom. The van der Waals surface area contributed by atoms with Crippen LogP contribution >= 0.6 is 0 Å². The van der Waals surface area contributed by atoms with Gasteiger partial charge in [0.25, 0.3) is 0 Å². The third kappa shape index (κ3) is 2.40. The second-order valence-electron chi connectivity index (χ2n) is 5.01. The monoisotopic (exact) mass is 243 g/mol. The summed E-state index contributed by atoms with van der Waals surface area (Å²) in [6, 6.07) is 10.1. The molecular weight excluding hydrogens is 222 g/mol. The van der Waals surface area contributed by atoms with Crippen molar-refractivity contribution in [2.45, 2.75) is 33.6 Å². The van der Waals surface area contributed by atoms with Gasteiger partial charge in [0, 0.05) is 5.56 Å². The third-order valence-corrected chi connectivity index (χ3v) is 3.06. The summed E-state index contributed by atoms with van der Waals surface area (Å²) < 4.78 is 1.86. The number of nitrogens with two attached hydrogens (primary N) is 1. The standard InChI is InChI=1S/C15H21N3/c1-4-13-14(10-11(2)3)17-18(15(13)16)12-8-6-5-7-9-12/h5-9,11H,4,10,16H2,1-3H3. The average molecular weight is 243 g/mol. The van der Waals surface area contributed by atoms with E-state index in [0.717, 1.165) is 30.0 Å². The minimum absolute atomic E-state index is 0.592. The lowest BCUT2D eigenvalue weighted by molar-refractivity contribution is 0.625. The third-order valence-electron chi connectivity index (χ3n) is 3.06. The molecule has 96 valence electrons. The van der Waals surface area contributed by atoms with Gasteiger partial charge in [0.05, 0.1) is 11.4 Å². The van der Waals surface area contributed by atoms with Gasteiger partial charge in [-0.1, -0.05) is 39.0 Å². The van der Waals surface area contributed by atoms with Gasteiger partial charge in [-0.25, -0.2) is 4.68 Å². The summed E-state index contributed by atoms with van der Waals surface area (Å²) in [6.07, 6.45) is 1.91. The molecule has 0 fully saturated rings. The second kappa shape index (κ2) is 5.25. The van der Waals surface area contributed by atoms with Crippen LogP contribution < -0.4 is 5.73 Å². The van der Waals surface area contributed by atoms with Gasteiger partial charge in [-0.15, -0.1) is 0 Å². The molecule has 2 N–H and O–H groups in total. The van der Waals surface area contributed by atoms with Crippen LogP contribution in [0.25, 0.3) is 5.69 Å². The SMILES string of the molecule is CCc1c(CC(C)C)nn(-c2ccccc2)c1N. The molecule has 3 nitrogen and oxygen atoms in total. The van der Waals surface area contributed by atoms with Crippen molar-refractivity contribution in [2.24, 2.45) is 5.92 Å². The van der Waals surface area contributed by atoms with Gasteiger partial charge in [0.2, 0.25) is 0 Å². The van der Waals surface area contributed by atoms with E-state index < -0.39 is 0 Å². The Morgan fingerprint density at radius 2 is 1.89 bits per heavy atom. The van der Waals surface area contributed by atoms with E-state index in [4.69, 9.17) is 5.73 Å². The maximum atomic E-state index is 6.22. The van der Waals surface area contributed by atoms with Crippen molar-refractivity contribution in [2.75, 3.05) is 5.73 Å². The van der Waals surface area contributed by atoms with Gasteiger partial charge in [-0.05, 0) is 30.9 Å². The molecule has 0 aliphatic heterocycles. The molecule has 1 aromatic carbocycles. The smallest absolute Gasteiger partial charge is 0.130 e. The highest BCUT2D eigenvalue weighted by molar-refractivity contribution is 5.50. The molecule has 0 amide bonds. The number of hydrogen-bond acceptors (Lipinski definition) is 2. The molecule has 0 aliphatic rings. The Balaban J connectivity index is 2.47. The summed E-state index contributed by atoms with van der Waals surface area (Å²) in [7, 11) is 0. The minimum atomic E-state index is 0.592. The fraction of sp³-hybridized carbons (Fsp3) is 0.400. The van der Waals surface area contributed by atoms with Crippen molar-refractivity contribution in [1.82, 2.24) is 9.78 Å². The number of benzene rings is 1. The first-order valence-electron chi connectivity index (χ1n) is 6.55. The Hall–Kier alpha value is -1.77. The topological polar surface area (TPSA) is 43.8 Å². The molecule has 0 aliphatic carbocycles. The number of hydrogen-bond donors (Lipinski definition) is 1. The molecule has 1 aromatic heterocycles. The molecule has 0 radical (unpaired) electrons. The highest BCUT2D eigenvalue weighted by atomic mass is 15.3. The first kappa shape index (κ1) is 12.7. The van der Waals surface area contributed by atoms with Crippen molar-refractivity contribution >= 4 is 5.82 Å². The van der Waals surface area contributed by atoms with Crippen LogP contribution in [0.15, 0.2) is 30.3 Å². The van der Waals surface area contributed by atoms with E-state index in [1.165, 1.54) is 5.56 Å². The Kier molecular flexibility index (Phi) is 3.70. The molecule has 2 rings (SSSR count). The van der Waals surface area contributed by atoms with Gasteiger partial charge in [0.1, 0.15) is 5.82 Å². The molecule has 0 unspecified atom stereocenters. The molecule has 2 aromatic rings. The number of rotatable bonds is 4. The van der Waals surface area contributed by atoms with Crippen molar-refractivity contribution in [1.29, 1.82) is 0 Å². The van der Waals surface area contributed by atoms with Crippen molar-refractivity contribution in [3.63, 3.8) is 0 Å². The largest absolute Gasteiger partial charge is 0.383 e. The highest BCUT2D eigenvalue weighted by Gasteiger charge is 2.15. The number of nitrogens with zero attached hydrogens (tertiary/aromatic N) is 2. The van der Waals surface area contributed by atoms with Crippen LogP contribution in [0.5, 0.6) is 0 Å². The van der Waals surface area contributed by atoms with E-state index >= 15 is 0 Å². The Labute approximate surface area is 109 Å². The fourth-order valence-corrected chi connectivity index (χ4v) is 2.21. The van der Waals surface area contributed by atoms with Crippen molar-refractivity contribution in [3.8, 4) is 5.69 Å². The van der Waals surface area contributed by atoms with Crippen LogP contribution in [0.2, 0.25) is 0 Å². The van der Waals surface area contributed by atoms with E-state index in [9.17, 15) is 0 Å². The van der Waals surface area contributed by atoms with Crippen LogP contribution in [0.4, 0.5) is 5.82 Å². The normalized spacial score (nSPS) is 11.1. The zero-order valence-electron chi connectivity index (χ0n) is 11.4. The van der Waals surface area contributed by atoms with E-state index in [1.54, 1.807) is 0 Å². The van der Waals surface area contributed by atoms with Crippen LogP contribution in [0.1, 0.15) is 32.0 Å². The lowest BCUT2D eigenvalue weighted by atomic mass is 10.0. The van der Waals surface area contributed by atoms with E-state index in [2.05, 4.69) is 25.9 Å². The summed E-state index contributed by atoms with van der Waals surface area (Å²) >= 11 is 0. The number of anilines is 1. The zero-order valence-corrected chi connectivity index (χ0v) is 11.4. The Bertz CT molecular complexity index is 512. The van der Waals surface area contributed by atoms with E-state index in [0.29, 0.717) is 5.92 Å². The second-order valence-corrected chi connectivity index (χ2v) is 5.01. The lowest BCUT2D eigenvalue weighted by Gasteiger charge is -2.03. The molecule has 0 bridgehead atoms. The van der Waals surface area contributed by atoms with Gasteiger partial charge in [-0.3, -0.25) is 0 Å². The van der Waals surface area contributed by atoms with Crippen LogP contribution in [-0.4, -0.2) is 9.78 Å². The number of aromatic nitrogens is 2. The van der Waals surface area contributed by atoms with Gasteiger partial charge >= 0.3 is 0 Å². The number of nitrogen functional groups attached to an aromatic ring is 1. The lowest BCUT2D eigenvalue weighted by Crippen LogP contribution is -2.02. The zero-order chi connectivity index (χ0) is 13.1. The van der Waals surface area contributed by atoms with Crippen LogP contribution in [-0.2, 0) is 12.8 Å². The first-order valence-corrected chi connectivity index (χ1v) is 6.55. The summed E-state index contributed by atoms with van der Waals surface area (Å²) in [5.41, 5.74) is 9.57. The fourth-order valence-electron chi connectivity index (χ4n) is 2.21. The summed E-state index contributed by atoms with van der Waals surface area (Å²) in [5.74, 6) is 1.37.